The summed E-state index contributed by atoms with van der Waals surface area (Å²) in [6.07, 6.45) is 0.918. The summed E-state index contributed by atoms with van der Waals surface area (Å²) in [5.74, 6) is 2.96. The van der Waals surface area contributed by atoms with Crippen molar-refractivity contribution in [3.05, 3.63) is 45.9 Å². The van der Waals surface area contributed by atoms with Gasteiger partial charge in [-0.2, -0.15) is 0 Å². The molecule has 0 radical (unpaired) electrons. The molecular formula is C20H26BrNO4. The van der Waals surface area contributed by atoms with Crippen LogP contribution in [-0.4, -0.2) is 46.9 Å². The number of nitrogens with zero attached hydrogens (tertiary/aromatic N) is 1. The molecule has 0 aliphatic heterocycles. The molecule has 6 heteroatoms. The number of halogens is 1. The van der Waals surface area contributed by atoms with Crippen molar-refractivity contribution in [1.82, 2.24) is 4.90 Å². The van der Waals surface area contributed by atoms with Gasteiger partial charge in [0, 0.05) is 17.6 Å². The smallest absolute Gasteiger partial charge is 0.161 e. The zero-order valence-electron chi connectivity index (χ0n) is 16.0. The number of ether oxygens (including phenoxy) is 4. The Balaban J connectivity index is 2.02. The van der Waals surface area contributed by atoms with Crippen LogP contribution in [-0.2, 0) is 13.0 Å². The number of likely N-dealkylation sites (N-methyl/N-ethyl adjacent to an activating group) is 1. The standard InChI is InChI=1S/C20H26BrNO4/c1-22(9-8-14-6-7-17(23-2)18(10-14)24-3)13-15-11-19(25-4)20(26-5)12-16(15)21/h6-7,10-12H,8-9,13H2,1-5H3. The van der Waals surface area contributed by atoms with Crippen molar-refractivity contribution in [3.63, 3.8) is 0 Å². The van der Waals surface area contributed by atoms with E-state index < -0.39 is 0 Å². The highest BCUT2D eigenvalue weighted by Gasteiger charge is 2.12. The van der Waals surface area contributed by atoms with Crippen molar-refractivity contribution in [3.8, 4) is 23.0 Å². The summed E-state index contributed by atoms with van der Waals surface area (Å²) in [6, 6.07) is 9.99. The van der Waals surface area contributed by atoms with Crippen LogP contribution in [0.25, 0.3) is 0 Å². The summed E-state index contributed by atoms with van der Waals surface area (Å²) in [5.41, 5.74) is 2.36. The summed E-state index contributed by atoms with van der Waals surface area (Å²) in [7, 11) is 8.69. The molecule has 142 valence electrons. The van der Waals surface area contributed by atoms with E-state index in [4.69, 9.17) is 18.9 Å². The molecule has 0 N–H and O–H groups in total. The fraction of sp³-hybridized carbons (Fsp3) is 0.400. The normalized spacial score (nSPS) is 10.7. The van der Waals surface area contributed by atoms with Gasteiger partial charge in [-0.1, -0.05) is 22.0 Å². The molecule has 0 amide bonds. The van der Waals surface area contributed by atoms with Crippen molar-refractivity contribution < 1.29 is 18.9 Å². The van der Waals surface area contributed by atoms with E-state index in [1.54, 1.807) is 28.4 Å². The lowest BCUT2D eigenvalue weighted by Gasteiger charge is -2.19. The highest BCUT2D eigenvalue weighted by Crippen LogP contribution is 2.34. The molecule has 0 atom stereocenters. The van der Waals surface area contributed by atoms with E-state index in [0.717, 1.165) is 52.5 Å². The third-order valence-electron chi connectivity index (χ3n) is 4.22. The van der Waals surface area contributed by atoms with E-state index in [2.05, 4.69) is 33.9 Å². The Bertz CT molecular complexity index is 736. The van der Waals surface area contributed by atoms with Crippen LogP contribution in [0, 0.1) is 0 Å². The van der Waals surface area contributed by atoms with Gasteiger partial charge in [0.2, 0.25) is 0 Å². The van der Waals surface area contributed by atoms with E-state index in [9.17, 15) is 0 Å². The molecular weight excluding hydrogens is 398 g/mol. The molecule has 0 saturated carbocycles. The van der Waals surface area contributed by atoms with Crippen LogP contribution in [0.5, 0.6) is 23.0 Å². The minimum absolute atomic E-state index is 0.719. The molecule has 2 aromatic carbocycles. The number of methoxy groups -OCH3 is 4. The topological polar surface area (TPSA) is 40.2 Å². The highest BCUT2D eigenvalue weighted by molar-refractivity contribution is 9.10. The predicted molar refractivity (Wildman–Crippen MR) is 107 cm³/mol. The second kappa shape index (κ2) is 9.69. The molecule has 0 aliphatic carbocycles. The van der Waals surface area contributed by atoms with E-state index in [-0.39, 0.29) is 0 Å². The van der Waals surface area contributed by atoms with Crippen LogP contribution in [0.3, 0.4) is 0 Å². The van der Waals surface area contributed by atoms with Crippen LogP contribution in [0.15, 0.2) is 34.8 Å². The Kier molecular flexibility index (Phi) is 7.60. The summed E-state index contributed by atoms with van der Waals surface area (Å²) in [5, 5.41) is 0. The monoisotopic (exact) mass is 423 g/mol. The van der Waals surface area contributed by atoms with Crippen molar-refractivity contribution in [2.24, 2.45) is 0 Å². The Morgan fingerprint density at radius 1 is 0.808 bits per heavy atom. The third kappa shape index (κ3) is 5.05. The molecule has 0 spiro atoms. The quantitative estimate of drug-likeness (QED) is 0.605. The molecule has 0 aromatic heterocycles. The van der Waals surface area contributed by atoms with Gasteiger partial charge in [0.1, 0.15) is 0 Å². The maximum atomic E-state index is 5.40. The van der Waals surface area contributed by atoms with Crippen LogP contribution in [0.1, 0.15) is 11.1 Å². The number of hydrogen-bond acceptors (Lipinski definition) is 5. The Labute approximate surface area is 163 Å². The van der Waals surface area contributed by atoms with E-state index >= 15 is 0 Å². The van der Waals surface area contributed by atoms with E-state index in [1.165, 1.54) is 5.56 Å². The van der Waals surface area contributed by atoms with Crippen molar-refractivity contribution in [1.29, 1.82) is 0 Å². The highest BCUT2D eigenvalue weighted by atomic mass is 79.9. The van der Waals surface area contributed by atoms with Gasteiger partial charge in [-0.25, -0.2) is 0 Å². The lowest BCUT2D eigenvalue weighted by molar-refractivity contribution is 0.325. The van der Waals surface area contributed by atoms with Crippen LogP contribution < -0.4 is 18.9 Å². The van der Waals surface area contributed by atoms with Gasteiger partial charge >= 0.3 is 0 Å². The summed E-state index contributed by atoms with van der Waals surface area (Å²) in [6.45, 7) is 1.71. The second-order valence-corrected chi connectivity index (χ2v) is 6.83. The first-order valence-corrected chi connectivity index (χ1v) is 9.11. The number of hydrogen-bond donors (Lipinski definition) is 0. The van der Waals surface area contributed by atoms with Gasteiger partial charge in [-0.05, 0) is 48.9 Å². The minimum Gasteiger partial charge on any atom is -0.493 e. The first kappa shape index (κ1) is 20.4. The van der Waals surface area contributed by atoms with Gasteiger partial charge < -0.3 is 23.8 Å². The Hall–Kier alpha value is -1.92. The second-order valence-electron chi connectivity index (χ2n) is 5.98. The van der Waals surface area contributed by atoms with E-state index in [0.29, 0.717) is 0 Å². The van der Waals surface area contributed by atoms with Crippen molar-refractivity contribution >= 4 is 15.9 Å². The van der Waals surface area contributed by atoms with Gasteiger partial charge in [0.05, 0.1) is 28.4 Å². The Morgan fingerprint density at radius 2 is 1.38 bits per heavy atom. The first-order valence-electron chi connectivity index (χ1n) is 8.32. The molecule has 5 nitrogen and oxygen atoms in total. The molecule has 0 bridgehead atoms. The van der Waals surface area contributed by atoms with Gasteiger partial charge in [-0.3, -0.25) is 0 Å². The maximum absolute atomic E-state index is 5.40. The summed E-state index contributed by atoms with van der Waals surface area (Å²) < 4.78 is 22.4. The van der Waals surface area contributed by atoms with Crippen LogP contribution in [0.2, 0.25) is 0 Å². The maximum Gasteiger partial charge on any atom is 0.161 e. The van der Waals surface area contributed by atoms with Gasteiger partial charge in [-0.15, -0.1) is 0 Å². The molecule has 26 heavy (non-hydrogen) atoms. The fourth-order valence-corrected chi connectivity index (χ4v) is 3.19. The number of benzene rings is 2. The molecule has 0 unspecified atom stereocenters. The van der Waals surface area contributed by atoms with E-state index in [1.807, 2.05) is 24.3 Å². The summed E-state index contributed by atoms with van der Waals surface area (Å²) >= 11 is 3.62. The van der Waals surface area contributed by atoms with Gasteiger partial charge in [0.25, 0.3) is 0 Å². The molecule has 0 fully saturated rings. The molecule has 2 aromatic rings. The Morgan fingerprint density at radius 3 is 2.00 bits per heavy atom. The largest absolute Gasteiger partial charge is 0.493 e. The third-order valence-corrected chi connectivity index (χ3v) is 4.96. The predicted octanol–water partition coefficient (Wildman–Crippen LogP) is 4.16. The fourth-order valence-electron chi connectivity index (χ4n) is 2.74. The zero-order chi connectivity index (χ0) is 19.1. The summed E-state index contributed by atoms with van der Waals surface area (Å²) in [4.78, 5) is 2.27. The van der Waals surface area contributed by atoms with Crippen LogP contribution >= 0.6 is 15.9 Å². The van der Waals surface area contributed by atoms with Gasteiger partial charge in [0.15, 0.2) is 23.0 Å². The lowest BCUT2D eigenvalue weighted by Crippen LogP contribution is -2.21. The first-order chi connectivity index (χ1) is 12.5. The molecule has 0 saturated heterocycles. The average Bonchev–Trinajstić information content (AvgIpc) is 2.67. The average molecular weight is 424 g/mol. The van der Waals surface area contributed by atoms with Crippen molar-refractivity contribution in [2.75, 3.05) is 42.0 Å². The van der Waals surface area contributed by atoms with Crippen LogP contribution in [0.4, 0.5) is 0 Å². The SMILES string of the molecule is COc1ccc(CCN(C)Cc2cc(OC)c(OC)cc2Br)cc1OC. The molecule has 0 aliphatic rings. The number of rotatable bonds is 9. The zero-order valence-corrected chi connectivity index (χ0v) is 17.6. The van der Waals surface area contributed by atoms with Crippen molar-refractivity contribution in [2.45, 2.75) is 13.0 Å². The molecule has 0 heterocycles. The lowest BCUT2D eigenvalue weighted by atomic mass is 10.1. The minimum atomic E-state index is 0.719. The molecule has 2 rings (SSSR count).